The van der Waals surface area contributed by atoms with E-state index in [1.165, 1.54) is 7.11 Å². The van der Waals surface area contributed by atoms with Crippen LogP contribution < -0.4 is 15.8 Å². The molecule has 3 N–H and O–H groups in total. The third-order valence-electron chi connectivity index (χ3n) is 3.33. The molecule has 1 aliphatic rings. The van der Waals surface area contributed by atoms with E-state index in [0.29, 0.717) is 29.5 Å². The lowest BCUT2D eigenvalue weighted by Crippen LogP contribution is -2.26. The molecule has 0 saturated carbocycles. The molecule has 0 aromatic heterocycles. The molecular weight excluding hydrogens is 244 g/mol. The Balaban J connectivity index is 1.88. The van der Waals surface area contributed by atoms with Crippen molar-refractivity contribution in [3.63, 3.8) is 0 Å². The van der Waals surface area contributed by atoms with Gasteiger partial charge in [-0.15, -0.1) is 0 Å². The van der Waals surface area contributed by atoms with Gasteiger partial charge in [-0.3, -0.25) is 4.79 Å². The van der Waals surface area contributed by atoms with Crippen LogP contribution in [0.4, 0.5) is 5.69 Å². The molecule has 0 radical (unpaired) electrons. The molecular formula is C14H20N2O3. The fourth-order valence-electron chi connectivity index (χ4n) is 2.19. The molecule has 1 aromatic rings. The van der Waals surface area contributed by atoms with Gasteiger partial charge in [-0.05, 0) is 30.9 Å². The molecule has 1 aliphatic heterocycles. The molecule has 104 valence electrons. The number of amides is 1. The van der Waals surface area contributed by atoms with Crippen LogP contribution in [0, 0.1) is 5.92 Å². The fraction of sp³-hybridized carbons (Fsp3) is 0.500. The van der Waals surface area contributed by atoms with Crippen LogP contribution in [-0.4, -0.2) is 32.8 Å². The highest BCUT2D eigenvalue weighted by atomic mass is 16.5. The topological polar surface area (TPSA) is 73.6 Å². The Bertz CT molecular complexity index is 442. The van der Waals surface area contributed by atoms with E-state index in [1.807, 2.05) is 0 Å². The minimum atomic E-state index is -0.129. The van der Waals surface area contributed by atoms with Crippen molar-refractivity contribution in [1.29, 1.82) is 0 Å². The van der Waals surface area contributed by atoms with Crippen LogP contribution in [0.2, 0.25) is 0 Å². The number of nitrogen functional groups attached to an aromatic ring is 1. The molecule has 0 spiro atoms. The van der Waals surface area contributed by atoms with Crippen LogP contribution in [0.1, 0.15) is 23.2 Å². The summed E-state index contributed by atoms with van der Waals surface area (Å²) < 4.78 is 10.5. The van der Waals surface area contributed by atoms with Gasteiger partial charge in [-0.1, -0.05) is 0 Å². The van der Waals surface area contributed by atoms with Gasteiger partial charge in [0.1, 0.15) is 5.75 Å². The van der Waals surface area contributed by atoms with E-state index in [0.717, 1.165) is 26.1 Å². The number of nitrogens with two attached hydrogens (primary N) is 1. The second-order valence-corrected chi connectivity index (χ2v) is 4.73. The zero-order chi connectivity index (χ0) is 13.7. The summed E-state index contributed by atoms with van der Waals surface area (Å²) in [6.45, 7) is 2.30. The number of methoxy groups -OCH3 is 1. The maximum Gasteiger partial charge on any atom is 0.255 e. The number of nitrogens with one attached hydrogen (secondary N) is 1. The number of anilines is 1. The van der Waals surface area contributed by atoms with Crippen molar-refractivity contribution in [3.8, 4) is 5.75 Å². The Kier molecular flexibility index (Phi) is 4.63. The molecule has 1 amide bonds. The number of hydrogen-bond acceptors (Lipinski definition) is 4. The van der Waals surface area contributed by atoms with E-state index in [9.17, 15) is 4.79 Å². The number of rotatable bonds is 5. The van der Waals surface area contributed by atoms with Crippen LogP contribution in [0.3, 0.4) is 0 Å². The van der Waals surface area contributed by atoms with Crippen LogP contribution >= 0.6 is 0 Å². The van der Waals surface area contributed by atoms with Gasteiger partial charge in [-0.2, -0.15) is 0 Å². The highest BCUT2D eigenvalue weighted by Gasteiger charge is 2.16. The lowest BCUT2D eigenvalue weighted by atomic mass is 10.1. The van der Waals surface area contributed by atoms with Crippen molar-refractivity contribution < 1.29 is 14.3 Å². The number of hydrogen-bond donors (Lipinski definition) is 2. The highest BCUT2D eigenvalue weighted by Crippen LogP contribution is 2.21. The zero-order valence-corrected chi connectivity index (χ0v) is 11.1. The van der Waals surface area contributed by atoms with Crippen molar-refractivity contribution in [1.82, 2.24) is 5.32 Å². The molecule has 1 atom stereocenters. The van der Waals surface area contributed by atoms with Crippen molar-refractivity contribution in [2.45, 2.75) is 12.8 Å². The zero-order valence-electron chi connectivity index (χ0n) is 11.1. The smallest absolute Gasteiger partial charge is 0.255 e. The number of carbonyl (C=O) groups excluding carboxylic acids is 1. The highest BCUT2D eigenvalue weighted by molar-refractivity contribution is 5.97. The summed E-state index contributed by atoms with van der Waals surface area (Å²) in [5, 5.41) is 2.90. The molecule has 1 heterocycles. The normalized spacial score (nSPS) is 18.3. The molecule has 0 aliphatic carbocycles. The van der Waals surface area contributed by atoms with E-state index in [1.54, 1.807) is 18.2 Å². The molecule has 19 heavy (non-hydrogen) atoms. The molecule has 5 heteroatoms. The first kappa shape index (κ1) is 13.7. The first-order chi connectivity index (χ1) is 9.20. The molecule has 1 fully saturated rings. The van der Waals surface area contributed by atoms with Gasteiger partial charge in [0.2, 0.25) is 0 Å². The van der Waals surface area contributed by atoms with E-state index >= 15 is 0 Å². The third kappa shape index (κ3) is 3.61. The summed E-state index contributed by atoms with van der Waals surface area (Å²) >= 11 is 0. The maximum absolute atomic E-state index is 12.0. The predicted molar refractivity (Wildman–Crippen MR) is 73.3 cm³/mol. The lowest BCUT2D eigenvalue weighted by molar-refractivity contribution is 0.0947. The first-order valence-electron chi connectivity index (χ1n) is 6.50. The van der Waals surface area contributed by atoms with Crippen molar-refractivity contribution in [3.05, 3.63) is 23.8 Å². The summed E-state index contributed by atoms with van der Waals surface area (Å²) in [7, 11) is 1.53. The minimum Gasteiger partial charge on any atom is -0.496 e. The van der Waals surface area contributed by atoms with E-state index in [2.05, 4.69) is 5.32 Å². The summed E-state index contributed by atoms with van der Waals surface area (Å²) in [4.78, 5) is 12.0. The second-order valence-electron chi connectivity index (χ2n) is 4.73. The fourth-order valence-corrected chi connectivity index (χ4v) is 2.19. The van der Waals surface area contributed by atoms with Gasteiger partial charge in [0, 0.05) is 31.5 Å². The number of carbonyl (C=O) groups is 1. The van der Waals surface area contributed by atoms with Gasteiger partial charge in [0.25, 0.3) is 5.91 Å². The van der Waals surface area contributed by atoms with Crippen molar-refractivity contribution in [2.24, 2.45) is 5.92 Å². The van der Waals surface area contributed by atoms with Crippen molar-refractivity contribution in [2.75, 3.05) is 32.6 Å². The quantitative estimate of drug-likeness (QED) is 0.789. The largest absolute Gasteiger partial charge is 0.496 e. The van der Waals surface area contributed by atoms with Gasteiger partial charge in [0.15, 0.2) is 0 Å². The van der Waals surface area contributed by atoms with Crippen LogP contribution in [0.5, 0.6) is 5.75 Å². The average Bonchev–Trinajstić information content (AvgIpc) is 2.91. The minimum absolute atomic E-state index is 0.129. The Hall–Kier alpha value is -1.75. The summed E-state index contributed by atoms with van der Waals surface area (Å²) in [6.07, 6.45) is 2.03. The Morgan fingerprint density at radius 1 is 1.58 bits per heavy atom. The predicted octanol–water partition coefficient (Wildman–Crippen LogP) is 1.43. The second kappa shape index (κ2) is 6.43. The lowest BCUT2D eigenvalue weighted by Gasteiger charge is -2.11. The Morgan fingerprint density at radius 3 is 3.11 bits per heavy atom. The average molecular weight is 264 g/mol. The SMILES string of the molecule is COc1cc(N)ccc1C(=O)NCCC1CCOC1. The summed E-state index contributed by atoms with van der Waals surface area (Å²) in [5.74, 6) is 0.936. The number of benzene rings is 1. The Morgan fingerprint density at radius 2 is 2.42 bits per heavy atom. The van der Waals surface area contributed by atoms with Crippen LogP contribution in [-0.2, 0) is 4.74 Å². The van der Waals surface area contributed by atoms with Gasteiger partial charge < -0.3 is 20.5 Å². The molecule has 1 unspecified atom stereocenters. The molecule has 1 saturated heterocycles. The van der Waals surface area contributed by atoms with E-state index in [-0.39, 0.29) is 5.91 Å². The standard InChI is InChI=1S/C14H20N2O3/c1-18-13-8-11(15)2-3-12(13)14(17)16-6-4-10-5-7-19-9-10/h2-3,8,10H,4-7,9,15H2,1H3,(H,16,17). The maximum atomic E-state index is 12.0. The molecule has 1 aromatic carbocycles. The number of ether oxygens (including phenoxy) is 2. The van der Waals surface area contributed by atoms with Crippen molar-refractivity contribution >= 4 is 11.6 Å². The molecule has 0 bridgehead atoms. The Labute approximate surface area is 113 Å². The van der Waals surface area contributed by atoms with Gasteiger partial charge >= 0.3 is 0 Å². The van der Waals surface area contributed by atoms with E-state index in [4.69, 9.17) is 15.2 Å². The van der Waals surface area contributed by atoms with Crippen LogP contribution in [0.15, 0.2) is 18.2 Å². The van der Waals surface area contributed by atoms with Gasteiger partial charge in [-0.25, -0.2) is 0 Å². The summed E-state index contributed by atoms with van der Waals surface area (Å²) in [6, 6.07) is 5.03. The van der Waals surface area contributed by atoms with E-state index < -0.39 is 0 Å². The molecule has 5 nitrogen and oxygen atoms in total. The monoisotopic (exact) mass is 264 g/mol. The van der Waals surface area contributed by atoms with Gasteiger partial charge in [0.05, 0.1) is 12.7 Å². The van der Waals surface area contributed by atoms with Crippen LogP contribution in [0.25, 0.3) is 0 Å². The molecule has 2 rings (SSSR count). The third-order valence-corrected chi connectivity index (χ3v) is 3.33. The summed E-state index contributed by atoms with van der Waals surface area (Å²) in [5.41, 5.74) is 6.75. The first-order valence-corrected chi connectivity index (χ1v) is 6.50.